The molecule has 9 nitrogen and oxygen atoms in total. The molecule has 1 N–H and O–H groups in total. The Morgan fingerprint density at radius 2 is 2.00 bits per heavy atom. The van der Waals surface area contributed by atoms with Gasteiger partial charge >= 0.3 is 17.9 Å². The molecule has 0 bridgehead atoms. The van der Waals surface area contributed by atoms with E-state index in [1.807, 2.05) is 0 Å². The SMILES string of the molecule is CCOC(=O)c1ccc(-n2cccn2)cc1NC=C1C(=O)OC(C)(C)OC1=O. The summed E-state index contributed by atoms with van der Waals surface area (Å²) in [6.45, 7) is 4.81. The normalized spacial score (nSPS) is 15.5. The average molecular weight is 385 g/mol. The fraction of sp³-hybridized carbons (Fsp3) is 0.263. The highest BCUT2D eigenvalue weighted by molar-refractivity contribution is 6.15. The Hall–Kier alpha value is -3.62. The number of nitrogens with zero attached hydrogens (tertiary/aromatic N) is 2. The molecule has 2 aromatic rings. The van der Waals surface area contributed by atoms with E-state index in [0.717, 1.165) is 6.20 Å². The highest BCUT2D eigenvalue weighted by Crippen LogP contribution is 2.25. The van der Waals surface area contributed by atoms with E-state index >= 15 is 0 Å². The van der Waals surface area contributed by atoms with E-state index in [1.54, 1.807) is 48.3 Å². The molecule has 1 aromatic carbocycles. The Labute approximate surface area is 160 Å². The van der Waals surface area contributed by atoms with Crippen molar-refractivity contribution in [1.82, 2.24) is 9.78 Å². The predicted molar refractivity (Wildman–Crippen MR) is 97.5 cm³/mol. The minimum atomic E-state index is -1.33. The van der Waals surface area contributed by atoms with Gasteiger partial charge in [0, 0.05) is 32.4 Å². The van der Waals surface area contributed by atoms with Crippen LogP contribution in [-0.2, 0) is 23.8 Å². The van der Waals surface area contributed by atoms with E-state index in [-0.39, 0.29) is 17.7 Å². The summed E-state index contributed by atoms with van der Waals surface area (Å²) in [6.07, 6.45) is 4.49. The first kappa shape index (κ1) is 19.2. The lowest BCUT2D eigenvalue weighted by molar-refractivity contribution is -0.222. The average Bonchev–Trinajstić information content (AvgIpc) is 3.14. The second-order valence-corrected chi connectivity index (χ2v) is 6.28. The summed E-state index contributed by atoms with van der Waals surface area (Å²) >= 11 is 0. The molecule has 1 fully saturated rings. The fourth-order valence-corrected chi connectivity index (χ4v) is 2.53. The number of anilines is 1. The first-order valence-electron chi connectivity index (χ1n) is 8.55. The van der Waals surface area contributed by atoms with Crippen molar-refractivity contribution in [3.63, 3.8) is 0 Å². The van der Waals surface area contributed by atoms with Gasteiger partial charge in [0.2, 0.25) is 0 Å². The van der Waals surface area contributed by atoms with Crippen LogP contribution in [-0.4, -0.2) is 40.1 Å². The van der Waals surface area contributed by atoms with E-state index in [1.165, 1.54) is 13.8 Å². The number of ether oxygens (including phenoxy) is 3. The molecule has 1 aromatic heterocycles. The van der Waals surface area contributed by atoms with Gasteiger partial charge < -0.3 is 19.5 Å². The Morgan fingerprint density at radius 3 is 2.61 bits per heavy atom. The number of hydrogen-bond acceptors (Lipinski definition) is 8. The Kier molecular flexibility index (Phi) is 5.16. The topological polar surface area (TPSA) is 109 Å². The Balaban J connectivity index is 1.94. The zero-order valence-electron chi connectivity index (χ0n) is 15.6. The molecule has 0 amide bonds. The number of carbonyl (C=O) groups excluding carboxylic acids is 3. The minimum absolute atomic E-state index is 0.202. The van der Waals surface area contributed by atoms with Gasteiger partial charge in [-0.1, -0.05) is 0 Å². The molecule has 146 valence electrons. The minimum Gasteiger partial charge on any atom is -0.462 e. The zero-order chi connectivity index (χ0) is 20.3. The predicted octanol–water partition coefficient (Wildman–Crippen LogP) is 2.18. The maximum Gasteiger partial charge on any atom is 0.350 e. The summed E-state index contributed by atoms with van der Waals surface area (Å²) < 4.78 is 16.7. The first-order valence-corrected chi connectivity index (χ1v) is 8.55. The molecule has 0 radical (unpaired) electrons. The lowest BCUT2D eigenvalue weighted by atomic mass is 10.1. The Morgan fingerprint density at radius 1 is 1.29 bits per heavy atom. The van der Waals surface area contributed by atoms with Crippen LogP contribution in [0.15, 0.2) is 48.4 Å². The van der Waals surface area contributed by atoms with Crippen LogP contribution in [0.5, 0.6) is 0 Å². The zero-order valence-corrected chi connectivity index (χ0v) is 15.6. The van der Waals surface area contributed by atoms with Gasteiger partial charge in [-0.15, -0.1) is 0 Å². The molecule has 9 heteroatoms. The van der Waals surface area contributed by atoms with Crippen LogP contribution in [0.25, 0.3) is 5.69 Å². The first-order chi connectivity index (χ1) is 13.3. The van der Waals surface area contributed by atoms with Gasteiger partial charge in [-0.25, -0.2) is 19.1 Å². The van der Waals surface area contributed by atoms with Gasteiger partial charge in [0.05, 0.1) is 23.5 Å². The molecular formula is C19H19N3O6. The molecule has 1 saturated heterocycles. The Bertz CT molecular complexity index is 925. The van der Waals surface area contributed by atoms with Crippen LogP contribution in [0.4, 0.5) is 5.69 Å². The smallest absolute Gasteiger partial charge is 0.350 e. The summed E-state index contributed by atoms with van der Waals surface area (Å²) in [5, 5.41) is 6.94. The van der Waals surface area contributed by atoms with Gasteiger partial charge in [0.1, 0.15) is 0 Å². The summed E-state index contributed by atoms with van der Waals surface area (Å²) in [7, 11) is 0. The maximum atomic E-state index is 12.2. The van der Waals surface area contributed by atoms with E-state index in [0.29, 0.717) is 11.4 Å². The van der Waals surface area contributed by atoms with E-state index in [9.17, 15) is 14.4 Å². The van der Waals surface area contributed by atoms with Crippen molar-refractivity contribution in [3.8, 4) is 5.69 Å². The van der Waals surface area contributed by atoms with Crippen LogP contribution < -0.4 is 5.32 Å². The van der Waals surface area contributed by atoms with Gasteiger partial charge in [-0.2, -0.15) is 5.10 Å². The molecule has 0 aliphatic carbocycles. The van der Waals surface area contributed by atoms with Crippen molar-refractivity contribution in [2.45, 2.75) is 26.6 Å². The largest absolute Gasteiger partial charge is 0.462 e. The van der Waals surface area contributed by atoms with Crippen molar-refractivity contribution in [3.05, 3.63) is 54.0 Å². The third-order valence-corrected chi connectivity index (χ3v) is 3.76. The summed E-state index contributed by atoms with van der Waals surface area (Å²) in [5.74, 6) is -3.53. The van der Waals surface area contributed by atoms with Crippen molar-refractivity contribution in [1.29, 1.82) is 0 Å². The van der Waals surface area contributed by atoms with Crippen LogP contribution in [0.1, 0.15) is 31.1 Å². The highest BCUT2D eigenvalue weighted by atomic mass is 16.7. The van der Waals surface area contributed by atoms with Crippen LogP contribution in [0.3, 0.4) is 0 Å². The summed E-state index contributed by atoms with van der Waals surface area (Å²) in [6, 6.07) is 6.66. The van der Waals surface area contributed by atoms with Crippen LogP contribution in [0, 0.1) is 0 Å². The number of rotatable bonds is 5. The number of benzene rings is 1. The summed E-state index contributed by atoms with van der Waals surface area (Å²) in [5.41, 5.74) is 0.893. The molecular weight excluding hydrogens is 366 g/mol. The second kappa shape index (κ2) is 7.55. The third-order valence-electron chi connectivity index (χ3n) is 3.76. The highest BCUT2D eigenvalue weighted by Gasteiger charge is 2.39. The van der Waals surface area contributed by atoms with Crippen molar-refractivity contribution >= 4 is 23.6 Å². The third kappa shape index (κ3) is 4.03. The van der Waals surface area contributed by atoms with Crippen molar-refractivity contribution in [2.24, 2.45) is 0 Å². The summed E-state index contributed by atoms with van der Waals surface area (Å²) in [4.78, 5) is 36.4. The van der Waals surface area contributed by atoms with Gasteiger partial charge in [0.15, 0.2) is 5.57 Å². The lowest BCUT2D eigenvalue weighted by Crippen LogP contribution is -2.42. The van der Waals surface area contributed by atoms with Crippen molar-refractivity contribution < 1.29 is 28.6 Å². The van der Waals surface area contributed by atoms with Gasteiger partial charge in [-0.3, -0.25) is 0 Å². The van der Waals surface area contributed by atoms with E-state index in [4.69, 9.17) is 14.2 Å². The van der Waals surface area contributed by atoms with Crippen LogP contribution >= 0.6 is 0 Å². The number of esters is 3. The quantitative estimate of drug-likeness (QED) is 0.474. The molecule has 28 heavy (non-hydrogen) atoms. The lowest BCUT2D eigenvalue weighted by Gasteiger charge is -2.29. The standard InChI is InChI=1S/C19H19N3O6/c1-4-26-16(23)13-7-6-12(22-9-5-8-21-22)10-15(13)20-11-14-17(24)27-19(2,3)28-18(14)25/h5-11,20H,4H2,1-3H3. The molecule has 2 heterocycles. The number of carbonyl (C=O) groups is 3. The maximum absolute atomic E-state index is 12.2. The molecule has 1 aliphatic rings. The monoisotopic (exact) mass is 385 g/mol. The molecule has 0 saturated carbocycles. The molecule has 1 aliphatic heterocycles. The van der Waals surface area contributed by atoms with E-state index < -0.39 is 23.7 Å². The van der Waals surface area contributed by atoms with Crippen molar-refractivity contribution in [2.75, 3.05) is 11.9 Å². The second-order valence-electron chi connectivity index (χ2n) is 6.28. The molecule has 3 rings (SSSR count). The number of cyclic esters (lactones) is 2. The van der Waals surface area contributed by atoms with Gasteiger partial charge in [0.25, 0.3) is 5.79 Å². The molecule has 0 unspecified atom stereocenters. The van der Waals surface area contributed by atoms with Gasteiger partial charge in [-0.05, 0) is 31.2 Å². The van der Waals surface area contributed by atoms with E-state index in [2.05, 4.69) is 10.4 Å². The van der Waals surface area contributed by atoms with Crippen LogP contribution in [0.2, 0.25) is 0 Å². The molecule has 0 atom stereocenters. The number of hydrogen-bond donors (Lipinski definition) is 1. The number of nitrogens with one attached hydrogen (secondary N) is 1. The number of aromatic nitrogens is 2. The fourth-order valence-electron chi connectivity index (χ4n) is 2.53. The molecule has 0 spiro atoms.